The van der Waals surface area contributed by atoms with Crippen molar-refractivity contribution < 1.29 is 4.79 Å². The van der Waals surface area contributed by atoms with E-state index < -0.39 is 0 Å². The summed E-state index contributed by atoms with van der Waals surface area (Å²) in [6.45, 7) is 1.33. The summed E-state index contributed by atoms with van der Waals surface area (Å²) in [7, 11) is 5.93. The maximum atomic E-state index is 11.1. The molecule has 0 atom stereocenters. The molecule has 4 heteroatoms. The van der Waals surface area contributed by atoms with Gasteiger partial charge in [0.2, 0.25) is 5.91 Å². The summed E-state index contributed by atoms with van der Waals surface area (Å²) in [5.41, 5.74) is 0.272. The number of amides is 1. The van der Waals surface area contributed by atoms with Crippen molar-refractivity contribution in [2.24, 2.45) is 0 Å². The number of carbonyl (C=O) groups excluding carboxylic acids is 1. The molecule has 2 N–H and O–H groups in total. The molecule has 1 amide bonds. The first-order valence-electron chi connectivity index (χ1n) is 5.69. The van der Waals surface area contributed by atoms with E-state index in [-0.39, 0.29) is 11.4 Å². The molecule has 1 aliphatic carbocycles. The number of hydrogen-bond acceptors (Lipinski definition) is 3. The molecule has 0 aromatic heterocycles. The lowest BCUT2D eigenvalue weighted by molar-refractivity contribution is -0.119. The number of likely N-dealkylation sites (N-methyl/N-ethyl adjacent to an activating group) is 2. The summed E-state index contributed by atoms with van der Waals surface area (Å²) in [6.07, 6.45) is 5.08. The van der Waals surface area contributed by atoms with Crippen LogP contribution in [0.3, 0.4) is 0 Å². The quantitative estimate of drug-likeness (QED) is 0.685. The van der Waals surface area contributed by atoms with Crippen LogP contribution in [0, 0.1) is 0 Å². The highest BCUT2D eigenvalue weighted by Gasteiger charge is 2.35. The van der Waals surface area contributed by atoms with Crippen LogP contribution in [0.25, 0.3) is 0 Å². The van der Waals surface area contributed by atoms with Gasteiger partial charge in [0.05, 0.1) is 6.54 Å². The Hall–Kier alpha value is -0.610. The predicted molar refractivity (Wildman–Crippen MR) is 61.8 cm³/mol. The molecule has 15 heavy (non-hydrogen) atoms. The third kappa shape index (κ3) is 3.18. The van der Waals surface area contributed by atoms with Gasteiger partial charge in [0.1, 0.15) is 0 Å². The highest BCUT2D eigenvalue weighted by atomic mass is 16.1. The first-order valence-corrected chi connectivity index (χ1v) is 5.69. The van der Waals surface area contributed by atoms with E-state index in [9.17, 15) is 4.79 Å². The number of carbonyl (C=O) groups is 1. The topological polar surface area (TPSA) is 44.4 Å². The minimum absolute atomic E-state index is 0.0573. The monoisotopic (exact) mass is 213 g/mol. The zero-order chi connectivity index (χ0) is 11.3. The molecule has 0 heterocycles. The maximum absolute atomic E-state index is 11.1. The van der Waals surface area contributed by atoms with Crippen LogP contribution in [0.15, 0.2) is 0 Å². The second-order valence-corrected chi connectivity index (χ2v) is 4.60. The van der Waals surface area contributed by atoms with E-state index in [4.69, 9.17) is 0 Å². The minimum Gasteiger partial charge on any atom is -0.358 e. The molecule has 1 rings (SSSR count). The lowest BCUT2D eigenvalue weighted by Crippen LogP contribution is -2.51. The number of hydrogen-bond donors (Lipinski definition) is 2. The minimum atomic E-state index is 0.0573. The van der Waals surface area contributed by atoms with E-state index in [0.29, 0.717) is 6.54 Å². The molecule has 1 saturated carbocycles. The molecule has 0 radical (unpaired) electrons. The van der Waals surface area contributed by atoms with Gasteiger partial charge in [-0.15, -0.1) is 0 Å². The van der Waals surface area contributed by atoms with Crippen molar-refractivity contribution in [3.8, 4) is 0 Å². The highest BCUT2D eigenvalue weighted by molar-refractivity contribution is 5.77. The smallest absolute Gasteiger partial charge is 0.233 e. The molecule has 0 unspecified atom stereocenters. The Bertz CT molecular complexity index is 210. The molecule has 1 fully saturated rings. The van der Waals surface area contributed by atoms with Gasteiger partial charge < -0.3 is 15.5 Å². The van der Waals surface area contributed by atoms with Gasteiger partial charge in [-0.25, -0.2) is 0 Å². The van der Waals surface area contributed by atoms with Gasteiger partial charge in [-0.05, 0) is 26.9 Å². The Morgan fingerprint density at radius 1 is 1.33 bits per heavy atom. The molecular weight excluding hydrogens is 190 g/mol. The van der Waals surface area contributed by atoms with Crippen molar-refractivity contribution in [1.29, 1.82) is 0 Å². The van der Waals surface area contributed by atoms with Gasteiger partial charge in [-0.2, -0.15) is 0 Å². The zero-order valence-electron chi connectivity index (χ0n) is 10.1. The van der Waals surface area contributed by atoms with Crippen molar-refractivity contribution in [3.63, 3.8) is 0 Å². The Labute approximate surface area is 92.4 Å². The Balaban J connectivity index is 2.36. The van der Waals surface area contributed by atoms with Crippen LogP contribution >= 0.6 is 0 Å². The number of nitrogens with one attached hydrogen (secondary N) is 2. The Morgan fingerprint density at radius 2 is 1.93 bits per heavy atom. The largest absolute Gasteiger partial charge is 0.358 e. The van der Waals surface area contributed by atoms with Gasteiger partial charge in [0.25, 0.3) is 0 Å². The summed E-state index contributed by atoms with van der Waals surface area (Å²) in [5.74, 6) is 0.0573. The molecule has 4 nitrogen and oxygen atoms in total. The molecule has 0 aromatic rings. The van der Waals surface area contributed by atoms with Crippen molar-refractivity contribution in [2.75, 3.05) is 34.2 Å². The third-order valence-electron chi connectivity index (χ3n) is 3.50. The summed E-state index contributed by atoms with van der Waals surface area (Å²) in [4.78, 5) is 13.4. The SMILES string of the molecule is CNC(=O)CNCC1(N(C)C)CCCC1. The standard InChI is InChI=1S/C11H23N3O/c1-12-10(15)8-13-9-11(14(2)3)6-4-5-7-11/h13H,4-9H2,1-3H3,(H,12,15). The lowest BCUT2D eigenvalue weighted by atomic mass is 9.96. The second-order valence-electron chi connectivity index (χ2n) is 4.60. The van der Waals surface area contributed by atoms with E-state index in [2.05, 4.69) is 29.6 Å². The summed E-state index contributed by atoms with van der Waals surface area (Å²) >= 11 is 0. The predicted octanol–water partition coefficient (Wildman–Crippen LogP) is 0.196. The van der Waals surface area contributed by atoms with E-state index in [0.717, 1.165) is 6.54 Å². The lowest BCUT2D eigenvalue weighted by Gasteiger charge is -2.36. The first kappa shape index (κ1) is 12.5. The number of nitrogens with zero attached hydrogens (tertiary/aromatic N) is 1. The second kappa shape index (κ2) is 5.47. The highest BCUT2D eigenvalue weighted by Crippen LogP contribution is 2.32. The molecule has 1 aliphatic rings. The zero-order valence-corrected chi connectivity index (χ0v) is 10.1. The van der Waals surface area contributed by atoms with Gasteiger partial charge in [0.15, 0.2) is 0 Å². The normalized spacial score (nSPS) is 19.5. The van der Waals surface area contributed by atoms with Crippen LogP contribution in [-0.2, 0) is 4.79 Å². The van der Waals surface area contributed by atoms with E-state index in [1.165, 1.54) is 25.7 Å². The van der Waals surface area contributed by atoms with Gasteiger partial charge in [-0.3, -0.25) is 4.79 Å². The van der Waals surface area contributed by atoms with Crippen LogP contribution < -0.4 is 10.6 Å². The van der Waals surface area contributed by atoms with Crippen molar-refractivity contribution in [2.45, 2.75) is 31.2 Å². The fraction of sp³-hybridized carbons (Fsp3) is 0.909. The van der Waals surface area contributed by atoms with Crippen molar-refractivity contribution in [1.82, 2.24) is 15.5 Å². The van der Waals surface area contributed by atoms with Crippen molar-refractivity contribution in [3.05, 3.63) is 0 Å². The van der Waals surface area contributed by atoms with Crippen LogP contribution in [0.5, 0.6) is 0 Å². The van der Waals surface area contributed by atoms with E-state index in [1.807, 2.05) is 0 Å². The van der Waals surface area contributed by atoms with E-state index >= 15 is 0 Å². The molecule has 0 bridgehead atoms. The molecule has 88 valence electrons. The summed E-state index contributed by atoms with van der Waals surface area (Å²) < 4.78 is 0. The molecule has 0 aromatic carbocycles. The molecule has 0 spiro atoms. The van der Waals surface area contributed by atoms with Crippen molar-refractivity contribution >= 4 is 5.91 Å². The summed E-state index contributed by atoms with van der Waals surface area (Å²) in [6, 6.07) is 0. The van der Waals surface area contributed by atoms with E-state index in [1.54, 1.807) is 7.05 Å². The maximum Gasteiger partial charge on any atom is 0.233 e. The fourth-order valence-corrected chi connectivity index (χ4v) is 2.31. The Morgan fingerprint density at radius 3 is 2.40 bits per heavy atom. The van der Waals surface area contributed by atoms with Crippen LogP contribution in [-0.4, -0.2) is 50.6 Å². The van der Waals surface area contributed by atoms with Crippen LogP contribution in [0.4, 0.5) is 0 Å². The molecule has 0 aliphatic heterocycles. The van der Waals surface area contributed by atoms with Gasteiger partial charge in [-0.1, -0.05) is 12.8 Å². The fourth-order valence-electron chi connectivity index (χ4n) is 2.31. The average Bonchev–Trinajstić information content (AvgIpc) is 2.67. The molecule has 0 saturated heterocycles. The van der Waals surface area contributed by atoms with Crippen LogP contribution in [0.2, 0.25) is 0 Å². The Kier molecular flexibility index (Phi) is 4.54. The molecular formula is C11H23N3O. The van der Waals surface area contributed by atoms with Crippen LogP contribution in [0.1, 0.15) is 25.7 Å². The third-order valence-corrected chi connectivity index (χ3v) is 3.50. The number of rotatable bonds is 5. The average molecular weight is 213 g/mol. The summed E-state index contributed by atoms with van der Waals surface area (Å²) in [5, 5.41) is 5.86. The van der Waals surface area contributed by atoms with Gasteiger partial charge in [0, 0.05) is 19.1 Å². The first-order chi connectivity index (χ1) is 7.10. The van der Waals surface area contributed by atoms with Gasteiger partial charge >= 0.3 is 0 Å².